The molecular formula is C16H18N4O4. The van der Waals surface area contributed by atoms with Gasteiger partial charge in [-0.05, 0) is 13.0 Å². The molecule has 0 saturated heterocycles. The van der Waals surface area contributed by atoms with Crippen molar-refractivity contribution in [3.05, 3.63) is 29.6 Å². The van der Waals surface area contributed by atoms with Gasteiger partial charge in [-0.25, -0.2) is 14.8 Å². The van der Waals surface area contributed by atoms with E-state index in [1.165, 1.54) is 14.2 Å². The van der Waals surface area contributed by atoms with Crippen molar-refractivity contribution in [1.29, 1.82) is 0 Å². The van der Waals surface area contributed by atoms with Crippen molar-refractivity contribution in [3.63, 3.8) is 0 Å². The van der Waals surface area contributed by atoms with E-state index in [0.29, 0.717) is 18.2 Å². The first-order chi connectivity index (χ1) is 11.7. The molecule has 1 aliphatic rings. The van der Waals surface area contributed by atoms with Crippen molar-refractivity contribution in [2.45, 2.75) is 6.92 Å². The number of carbonyl (C=O) groups is 1. The molecule has 1 aliphatic heterocycles. The monoisotopic (exact) mass is 330 g/mol. The molecule has 0 bridgehead atoms. The number of methoxy groups -OCH3 is 2. The van der Waals surface area contributed by atoms with E-state index >= 15 is 0 Å². The first-order valence-electron chi connectivity index (χ1n) is 7.40. The molecule has 3 heterocycles. The number of pyridine rings is 2. The van der Waals surface area contributed by atoms with Crippen molar-refractivity contribution < 1.29 is 19.0 Å². The number of nitrogens with one attached hydrogen (secondary N) is 2. The molecule has 24 heavy (non-hydrogen) atoms. The van der Waals surface area contributed by atoms with Crippen LogP contribution in [0.2, 0.25) is 0 Å². The van der Waals surface area contributed by atoms with Gasteiger partial charge in [-0.1, -0.05) is 0 Å². The molecule has 0 radical (unpaired) electrons. The SMILES string of the molecule is COC(=O)c1c(Nc2cnc3c(c2C)NCCO3)ccnc1OC. The van der Waals surface area contributed by atoms with Gasteiger partial charge >= 0.3 is 5.97 Å². The van der Waals surface area contributed by atoms with Crippen LogP contribution in [0.5, 0.6) is 11.8 Å². The summed E-state index contributed by atoms with van der Waals surface area (Å²) in [5.41, 5.74) is 3.27. The smallest absolute Gasteiger partial charge is 0.345 e. The van der Waals surface area contributed by atoms with Crippen molar-refractivity contribution in [1.82, 2.24) is 9.97 Å². The number of nitrogens with zero attached hydrogens (tertiary/aromatic N) is 2. The van der Waals surface area contributed by atoms with Gasteiger partial charge in [-0.15, -0.1) is 0 Å². The Hall–Kier alpha value is -3.03. The van der Waals surface area contributed by atoms with Gasteiger partial charge < -0.3 is 24.8 Å². The Morgan fingerprint density at radius 1 is 1.33 bits per heavy atom. The topological polar surface area (TPSA) is 94.6 Å². The second kappa shape index (κ2) is 6.61. The normalized spacial score (nSPS) is 12.5. The molecule has 126 valence electrons. The summed E-state index contributed by atoms with van der Waals surface area (Å²) in [6.45, 7) is 3.25. The lowest BCUT2D eigenvalue weighted by Crippen LogP contribution is -2.20. The Morgan fingerprint density at radius 3 is 2.92 bits per heavy atom. The third kappa shape index (κ3) is 2.78. The zero-order valence-corrected chi connectivity index (χ0v) is 13.7. The number of ether oxygens (including phenoxy) is 3. The van der Waals surface area contributed by atoms with Gasteiger partial charge in [0.25, 0.3) is 0 Å². The molecule has 0 aliphatic carbocycles. The molecule has 0 aromatic carbocycles. The summed E-state index contributed by atoms with van der Waals surface area (Å²) in [5, 5.41) is 6.47. The molecule has 0 unspecified atom stereocenters. The van der Waals surface area contributed by atoms with E-state index in [9.17, 15) is 4.79 Å². The predicted molar refractivity (Wildman–Crippen MR) is 88.4 cm³/mol. The molecule has 0 spiro atoms. The zero-order chi connectivity index (χ0) is 17.1. The summed E-state index contributed by atoms with van der Waals surface area (Å²) >= 11 is 0. The van der Waals surface area contributed by atoms with Crippen molar-refractivity contribution in [3.8, 4) is 11.8 Å². The van der Waals surface area contributed by atoms with Gasteiger partial charge in [0.2, 0.25) is 11.8 Å². The summed E-state index contributed by atoms with van der Waals surface area (Å²) in [6.07, 6.45) is 3.21. The molecule has 8 nitrogen and oxygen atoms in total. The minimum Gasteiger partial charge on any atom is -0.480 e. The molecule has 3 rings (SSSR count). The second-order valence-corrected chi connectivity index (χ2v) is 5.11. The van der Waals surface area contributed by atoms with Crippen molar-refractivity contribution >= 4 is 23.0 Å². The van der Waals surface area contributed by atoms with E-state index in [0.717, 1.165) is 23.5 Å². The maximum absolute atomic E-state index is 12.1. The Balaban J connectivity index is 2.02. The van der Waals surface area contributed by atoms with Gasteiger partial charge in [0.1, 0.15) is 17.9 Å². The molecule has 0 atom stereocenters. The van der Waals surface area contributed by atoms with Crippen LogP contribution < -0.4 is 20.1 Å². The summed E-state index contributed by atoms with van der Waals surface area (Å²) in [6, 6.07) is 1.68. The average molecular weight is 330 g/mol. The summed E-state index contributed by atoms with van der Waals surface area (Å²) in [4.78, 5) is 20.4. The fraction of sp³-hybridized carbons (Fsp3) is 0.312. The van der Waals surface area contributed by atoms with E-state index in [-0.39, 0.29) is 11.4 Å². The Morgan fingerprint density at radius 2 is 2.17 bits per heavy atom. The third-order valence-electron chi connectivity index (χ3n) is 3.71. The molecule has 0 saturated carbocycles. The molecule has 2 aromatic heterocycles. The molecule has 2 N–H and O–H groups in total. The van der Waals surface area contributed by atoms with E-state index in [2.05, 4.69) is 20.6 Å². The van der Waals surface area contributed by atoms with Gasteiger partial charge in [0.05, 0.1) is 31.8 Å². The van der Waals surface area contributed by atoms with Crippen molar-refractivity contribution in [2.75, 3.05) is 38.0 Å². The summed E-state index contributed by atoms with van der Waals surface area (Å²) < 4.78 is 15.5. The molecule has 0 amide bonds. The number of hydrogen-bond acceptors (Lipinski definition) is 8. The lowest BCUT2D eigenvalue weighted by Gasteiger charge is -2.22. The van der Waals surface area contributed by atoms with Crippen LogP contribution in [-0.2, 0) is 4.74 Å². The van der Waals surface area contributed by atoms with Gasteiger partial charge in [-0.2, -0.15) is 0 Å². The molecule has 8 heteroatoms. The largest absolute Gasteiger partial charge is 0.480 e. The van der Waals surface area contributed by atoms with E-state index < -0.39 is 5.97 Å². The lowest BCUT2D eigenvalue weighted by molar-refractivity contribution is 0.0597. The Kier molecular flexibility index (Phi) is 4.37. The highest BCUT2D eigenvalue weighted by Crippen LogP contribution is 2.35. The average Bonchev–Trinajstić information content (AvgIpc) is 2.63. The third-order valence-corrected chi connectivity index (χ3v) is 3.71. The van der Waals surface area contributed by atoms with Crippen LogP contribution in [0.3, 0.4) is 0 Å². The highest BCUT2D eigenvalue weighted by molar-refractivity contribution is 5.99. The van der Waals surface area contributed by atoms with Crippen LogP contribution in [-0.4, -0.2) is 43.3 Å². The number of aromatic nitrogens is 2. The summed E-state index contributed by atoms with van der Waals surface area (Å²) in [5.74, 6) is 0.231. The minimum absolute atomic E-state index is 0.192. The number of carbonyl (C=O) groups excluding carboxylic acids is 1. The number of anilines is 3. The fourth-order valence-corrected chi connectivity index (χ4v) is 2.49. The van der Waals surface area contributed by atoms with Gasteiger partial charge in [0, 0.05) is 18.3 Å². The number of esters is 1. The number of fused-ring (bicyclic) bond motifs is 1. The zero-order valence-electron chi connectivity index (χ0n) is 13.7. The molecule has 2 aromatic rings. The maximum atomic E-state index is 12.1. The standard InChI is InChI=1S/C16H18N4O4/c1-9-11(8-19-15-13(9)17-6-7-24-15)20-10-4-5-18-14(22-2)12(10)16(21)23-3/h4-5,8,17H,6-7H2,1-3H3,(H,18,20). The van der Waals surface area contributed by atoms with Gasteiger partial charge in [-0.3, -0.25) is 0 Å². The highest BCUT2D eigenvalue weighted by Gasteiger charge is 2.21. The summed E-state index contributed by atoms with van der Waals surface area (Å²) in [7, 11) is 2.76. The van der Waals surface area contributed by atoms with Crippen LogP contribution in [0.4, 0.5) is 17.1 Å². The van der Waals surface area contributed by atoms with Crippen molar-refractivity contribution in [2.24, 2.45) is 0 Å². The van der Waals surface area contributed by atoms with Crippen LogP contribution in [0.15, 0.2) is 18.5 Å². The first kappa shape index (κ1) is 15.9. The Bertz CT molecular complexity index is 779. The van der Waals surface area contributed by atoms with Gasteiger partial charge in [0.15, 0.2) is 0 Å². The van der Waals surface area contributed by atoms with Crippen LogP contribution in [0.1, 0.15) is 15.9 Å². The fourth-order valence-electron chi connectivity index (χ4n) is 2.49. The Labute approximate surface area is 139 Å². The van der Waals surface area contributed by atoms with E-state index in [4.69, 9.17) is 14.2 Å². The van der Waals surface area contributed by atoms with Crippen LogP contribution >= 0.6 is 0 Å². The molecule has 0 fully saturated rings. The number of rotatable bonds is 4. The highest BCUT2D eigenvalue weighted by atomic mass is 16.5. The van der Waals surface area contributed by atoms with Crippen LogP contribution in [0.25, 0.3) is 0 Å². The lowest BCUT2D eigenvalue weighted by atomic mass is 10.1. The van der Waals surface area contributed by atoms with E-state index in [1.807, 2.05) is 6.92 Å². The number of hydrogen-bond donors (Lipinski definition) is 2. The minimum atomic E-state index is -0.535. The first-order valence-corrected chi connectivity index (χ1v) is 7.40. The van der Waals surface area contributed by atoms with E-state index in [1.54, 1.807) is 18.5 Å². The maximum Gasteiger partial charge on any atom is 0.345 e. The quantitative estimate of drug-likeness (QED) is 0.823. The molecular weight excluding hydrogens is 312 g/mol. The van der Waals surface area contributed by atoms with Crippen LogP contribution in [0, 0.1) is 6.92 Å². The predicted octanol–water partition coefficient (Wildman–Crippen LogP) is 2.13. The second-order valence-electron chi connectivity index (χ2n) is 5.11.